The Morgan fingerprint density at radius 2 is 1.78 bits per heavy atom. The summed E-state index contributed by atoms with van der Waals surface area (Å²) in [5.41, 5.74) is 0.226. The lowest BCUT2D eigenvalue weighted by atomic mass is 9.84. The molecule has 1 fully saturated rings. The zero-order chi connectivity index (χ0) is 13.5. The molecule has 0 saturated heterocycles. The van der Waals surface area contributed by atoms with Crippen LogP contribution in [-0.4, -0.2) is 33.8 Å². The van der Waals surface area contributed by atoms with Crippen molar-refractivity contribution in [2.75, 3.05) is 25.4 Å². The van der Waals surface area contributed by atoms with Crippen molar-refractivity contribution >= 4 is 10.0 Å². The van der Waals surface area contributed by atoms with Gasteiger partial charge in [0, 0.05) is 13.1 Å². The maximum absolute atomic E-state index is 11.9. The molecule has 2 N–H and O–H groups in total. The van der Waals surface area contributed by atoms with Crippen LogP contribution in [0.4, 0.5) is 0 Å². The molecule has 18 heavy (non-hydrogen) atoms. The van der Waals surface area contributed by atoms with Gasteiger partial charge in [-0.05, 0) is 37.6 Å². The van der Waals surface area contributed by atoms with Crippen LogP contribution in [0.25, 0.3) is 0 Å². The lowest BCUT2D eigenvalue weighted by molar-refractivity contribution is 0.285. The highest BCUT2D eigenvalue weighted by atomic mass is 32.2. The van der Waals surface area contributed by atoms with Gasteiger partial charge in [-0.3, -0.25) is 0 Å². The third kappa shape index (κ3) is 5.24. The fourth-order valence-electron chi connectivity index (χ4n) is 2.62. The minimum Gasteiger partial charge on any atom is -0.316 e. The molecule has 1 rings (SSSR count). The highest BCUT2D eigenvalue weighted by Gasteiger charge is 2.32. The number of hydrogen-bond acceptors (Lipinski definition) is 3. The van der Waals surface area contributed by atoms with E-state index in [0.29, 0.717) is 13.1 Å². The molecule has 0 radical (unpaired) electrons. The fraction of sp³-hybridized carbons (Fsp3) is 1.00. The molecule has 108 valence electrons. The first-order valence-corrected chi connectivity index (χ1v) is 8.87. The SMILES string of the molecule is CCCNCCS(=O)(=O)NCC1(CC)CCCC1. The smallest absolute Gasteiger partial charge is 0.212 e. The molecule has 0 aromatic carbocycles. The van der Waals surface area contributed by atoms with Gasteiger partial charge in [0.15, 0.2) is 0 Å². The lowest BCUT2D eigenvalue weighted by Crippen LogP contribution is -2.38. The van der Waals surface area contributed by atoms with E-state index in [1.165, 1.54) is 25.7 Å². The monoisotopic (exact) mass is 276 g/mol. The molecule has 0 heterocycles. The minimum absolute atomic E-state index is 0.187. The maximum atomic E-state index is 11.9. The zero-order valence-electron chi connectivity index (χ0n) is 11.8. The molecule has 1 saturated carbocycles. The molecule has 1 aliphatic carbocycles. The van der Waals surface area contributed by atoms with Crippen LogP contribution in [0, 0.1) is 5.41 Å². The van der Waals surface area contributed by atoms with Crippen molar-refractivity contribution in [1.82, 2.24) is 10.0 Å². The molecule has 1 aliphatic rings. The molecule has 0 amide bonds. The second-order valence-corrected chi connectivity index (χ2v) is 7.38. The topological polar surface area (TPSA) is 58.2 Å². The van der Waals surface area contributed by atoms with Crippen LogP contribution in [-0.2, 0) is 10.0 Å². The van der Waals surface area contributed by atoms with E-state index in [4.69, 9.17) is 0 Å². The fourth-order valence-corrected chi connectivity index (χ4v) is 3.71. The third-order valence-corrected chi connectivity index (χ3v) is 5.38. The summed E-state index contributed by atoms with van der Waals surface area (Å²) >= 11 is 0. The summed E-state index contributed by atoms with van der Waals surface area (Å²) in [6.45, 7) is 6.30. The summed E-state index contributed by atoms with van der Waals surface area (Å²) in [6, 6.07) is 0. The molecular weight excluding hydrogens is 248 g/mol. The molecule has 4 nitrogen and oxygen atoms in total. The van der Waals surface area contributed by atoms with Crippen molar-refractivity contribution in [3.8, 4) is 0 Å². The summed E-state index contributed by atoms with van der Waals surface area (Å²) in [5.74, 6) is 0.187. The van der Waals surface area contributed by atoms with Gasteiger partial charge in [-0.25, -0.2) is 13.1 Å². The predicted octanol–water partition coefficient (Wildman–Crippen LogP) is 1.88. The van der Waals surface area contributed by atoms with E-state index in [1.807, 2.05) is 0 Å². The molecule has 0 spiro atoms. The van der Waals surface area contributed by atoms with E-state index >= 15 is 0 Å². The van der Waals surface area contributed by atoms with E-state index in [-0.39, 0.29) is 11.2 Å². The predicted molar refractivity (Wildman–Crippen MR) is 76.1 cm³/mol. The van der Waals surface area contributed by atoms with Gasteiger partial charge in [-0.15, -0.1) is 0 Å². The second kappa shape index (κ2) is 7.46. The summed E-state index contributed by atoms with van der Waals surface area (Å²) in [6.07, 6.45) is 6.93. The van der Waals surface area contributed by atoms with Crippen LogP contribution in [0.5, 0.6) is 0 Å². The van der Waals surface area contributed by atoms with Crippen LogP contribution in [0.15, 0.2) is 0 Å². The van der Waals surface area contributed by atoms with Crippen molar-refractivity contribution in [1.29, 1.82) is 0 Å². The first-order chi connectivity index (χ1) is 8.54. The second-order valence-electron chi connectivity index (χ2n) is 5.45. The summed E-state index contributed by atoms with van der Waals surface area (Å²) in [5, 5.41) is 3.12. The first-order valence-electron chi connectivity index (χ1n) is 7.22. The van der Waals surface area contributed by atoms with Gasteiger partial charge in [-0.2, -0.15) is 0 Å². The average molecular weight is 276 g/mol. The van der Waals surface area contributed by atoms with Gasteiger partial charge < -0.3 is 5.32 Å². The van der Waals surface area contributed by atoms with Gasteiger partial charge in [0.1, 0.15) is 0 Å². The summed E-state index contributed by atoms with van der Waals surface area (Å²) in [7, 11) is -3.11. The number of hydrogen-bond donors (Lipinski definition) is 2. The molecule has 0 atom stereocenters. The molecular formula is C13H28N2O2S. The lowest BCUT2D eigenvalue weighted by Gasteiger charge is -2.27. The van der Waals surface area contributed by atoms with Crippen molar-refractivity contribution < 1.29 is 8.42 Å². The van der Waals surface area contributed by atoms with Crippen LogP contribution < -0.4 is 10.0 Å². The van der Waals surface area contributed by atoms with Crippen molar-refractivity contribution in [2.45, 2.75) is 52.4 Å². The Bertz CT molecular complexity index is 322. The molecule has 0 bridgehead atoms. The van der Waals surface area contributed by atoms with Crippen molar-refractivity contribution in [2.24, 2.45) is 5.41 Å². The quantitative estimate of drug-likeness (QED) is 0.632. The normalized spacial score (nSPS) is 19.2. The van der Waals surface area contributed by atoms with Gasteiger partial charge in [0.05, 0.1) is 5.75 Å². The Morgan fingerprint density at radius 1 is 1.11 bits per heavy atom. The van der Waals surface area contributed by atoms with Crippen LogP contribution in [0.2, 0.25) is 0 Å². The molecule has 0 aliphatic heterocycles. The van der Waals surface area contributed by atoms with Crippen LogP contribution in [0.1, 0.15) is 52.4 Å². The van der Waals surface area contributed by atoms with E-state index < -0.39 is 10.0 Å². The van der Waals surface area contributed by atoms with Crippen LogP contribution >= 0.6 is 0 Å². The Kier molecular flexibility index (Phi) is 6.60. The standard InChI is InChI=1S/C13H28N2O2S/c1-3-9-14-10-11-18(16,17)15-12-13(4-2)7-5-6-8-13/h14-15H,3-12H2,1-2H3. The van der Waals surface area contributed by atoms with E-state index in [1.54, 1.807) is 0 Å². The summed E-state index contributed by atoms with van der Waals surface area (Å²) in [4.78, 5) is 0. The Hall–Kier alpha value is -0.130. The average Bonchev–Trinajstić information content (AvgIpc) is 2.82. The highest BCUT2D eigenvalue weighted by Crippen LogP contribution is 2.40. The number of nitrogens with one attached hydrogen (secondary N) is 2. The third-order valence-electron chi connectivity index (χ3n) is 4.06. The molecule has 0 aromatic rings. The highest BCUT2D eigenvalue weighted by molar-refractivity contribution is 7.89. The van der Waals surface area contributed by atoms with Gasteiger partial charge in [0.2, 0.25) is 10.0 Å². The Labute approximate surface area is 112 Å². The minimum atomic E-state index is -3.11. The van der Waals surface area contributed by atoms with Gasteiger partial charge >= 0.3 is 0 Å². The van der Waals surface area contributed by atoms with Crippen molar-refractivity contribution in [3.63, 3.8) is 0 Å². The van der Waals surface area contributed by atoms with Gasteiger partial charge in [0.25, 0.3) is 0 Å². The molecule has 0 aromatic heterocycles. The number of sulfonamides is 1. The Morgan fingerprint density at radius 3 is 2.33 bits per heavy atom. The largest absolute Gasteiger partial charge is 0.316 e. The first kappa shape index (κ1) is 15.9. The van der Waals surface area contributed by atoms with Crippen LogP contribution in [0.3, 0.4) is 0 Å². The van der Waals surface area contributed by atoms with Gasteiger partial charge in [-0.1, -0.05) is 26.7 Å². The van der Waals surface area contributed by atoms with E-state index in [0.717, 1.165) is 19.4 Å². The maximum Gasteiger partial charge on any atom is 0.212 e. The molecule has 0 unspecified atom stereocenters. The summed E-state index contributed by atoms with van der Waals surface area (Å²) < 4.78 is 26.5. The van der Waals surface area contributed by atoms with E-state index in [9.17, 15) is 8.42 Å². The Balaban J connectivity index is 2.31. The number of rotatable bonds is 9. The molecule has 5 heteroatoms. The van der Waals surface area contributed by atoms with Crippen molar-refractivity contribution in [3.05, 3.63) is 0 Å². The van der Waals surface area contributed by atoms with E-state index in [2.05, 4.69) is 23.9 Å². The zero-order valence-corrected chi connectivity index (χ0v) is 12.6.